The largest absolute Gasteiger partial charge is 0.394 e. The van der Waals surface area contributed by atoms with Gasteiger partial charge in [-0.05, 0) is 0 Å². The van der Waals surface area contributed by atoms with Gasteiger partial charge in [-0.3, -0.25) is 14.2 Å². The normalized spacial score (nSPS) is 28.8. The van der Waals surface area contributed by atoms with Crippen molar-refractivity contribution >= 4 is 11.7 Å². The lowest BCUT2D eigenvalue weighted by Crippen LogP contribution is -2.38. The van der Waals surface area contributed by atoms with E-state index in [0.29, 0.717) is 0 Å². The van der Waals surface area contributed by atoms with Gasteiger partial charge >= 0.3 is 0 Å². The van der Waals surface area contributed by atoms with Crippen LogP contribution in [0.25, 0.3) is 0 Å². The number of hydrogen-bond donors (Lipinski definition) is 4. The number of amidine groups is 1. The molecule has 2 rings (SSSR count). The number of carbonyl (C=O) groups is 1. The van der Waals surface area contributed by atoms with Gasteiger partial charge in [-0.2, -0.15) is 4.99 Å². The van der Waals surface area contributed by atoms with Crippen LogP contribution in [0.2, 0.25) is 0 Å². The monoisotopic (exact) mass is 312 g/mol. The van der Waals surface area contributed by atoms with Crippen molar-refractivity contribution in [3.8, 4) is 0 Å². The molecule has 1 aliphatic rings. The van der Waals surface area contributed by atoms with Crippen LogP contribution in [0, 0.1) is 0 Å². The van der Waals surface area contributed by atoms with Crippen molar-refractivity contribution in [1.29, 1.82) is 0 Å². The molecule has 10 nitrogen and oxygen atoms in total. The average molecular weight is 312 g/mol. The van der Waals surface area contributed by atoms with E-state index in [-0.39, 0.29) is 11.5 Å². The summed E-state index contributed by atoms with van der Waals surface area (Å²) in [4.78, 5) is 30.4. The minimum atomic E-state index is -1.42. The van der Waals surface area contributed by atoms with Gasteiger partial charge in [0.2, 0.25) is 5.91 Å². The van der Waals surface area contributed by atoms with E-state index in [4.69, 9.17) is 15.6 Å². The standard InChI is InChI=1S/C12H16N4O6/c1-5(18)15-10(13)7-11(21)16(3-2-14-7)12-9(20)8(19)6(4-17)22-12/h2-3,6,8-9,12,17,19-20H,4H2,1H3,(H2,13,15,18). The van der Waals surface area contributed by atoms with Crippen LogP contribution in [0.15, 0.2) is 22.2 Å². The number of amides is 1. The molecular formula is C12H16N4O6. The fourth-order valence-electron chi connectivity index (χ4n) is 2.13. The van der Waals surface area contributed by atoms with Crippen molar-refractivity contribution in [2.45, 2.75) is 31.5 Å². The second-order valence-electron chi connectivity index (χ2n) is 4.73. The van der Waals surface area contributed by atoms with Gasteiger partial charge in [0.05, 0.1) is 6.61 Å². The Hall–Kier alpha value is -2.14. The molecule has 10 heteroatoms. The molecule has 120 valence electrons. The minimum absolute atomic E-state index is 0.282. The Morgan fingerprint density at radius 1 is 1.50 bits per heavy atom. The fourth-order valence-corrected chi connectivity index (χ4v) is 2.13. The number of aliphatic imine (C=N–C) groups is 1. The van der Waals surface area contributed by atoms with Gasteiger partial charge < -0.3 is 25.8 Å². The smallest absolute Gasteiger partial charge is 0.282 e. The summed E-state index contributed by atoms with van der Waals surface area (Å²) >= 11 is 0. The summed E-state index contributed by atoms with van der Waals surface area (Å²) in [6.45, 7) is 0.649. The van der Waals surface area contributed by atoms with Crippen LogP contribution in [0.3, 0.4) is 0 Å². The molecule has 4 atom stereocenters. The predicted octanol–water partition coefficient (Wildman–Crippen LogP) is -2.89. The molecule has 0 bridgehead atoms. The van der Waals surface area contributed by atoms with Gasteiger partial charge in [0, 0.05) is 19.3 Å². The SMILES string of the molecule is CC(=O)N=C(N)c1nccn(C2OC(CO)C(O)C2O)c1=O. The van der Waals surface area contributed by atoms with Gasteiger partial charge in [0.15, 0.2) is 17.8 Å². The highest BCUT2D eigenvalue weighted by Crippen LogP contribution is 2.27. The van der Waals surface area contributed by atoms with Crippen LogP contribution in [-0.4, -0.2) is 61.5 Å². The van der Waals surface area contributed by atoms with Gasteiger partial charge in [-0.1, -0.05) is 0 Å². The van der Waals surface area contributed by atoms with E-state index in [1.54, 1.807) is 0 Å². The second kappa shape index (κ2) is 6.32. The summed E-state index contributed by atoms with van der Waals surface area (Å²) < 4.78 is 6.22. The molecule has 1 fully saturated rings. The number of aromatic nitrogens is 2. The van der Waals surface area contributed by atoms with Gasteiger partial charge in [0.1, 0.15) is 18.3 Å². The first kappa shape index (κ1) is 16.2. The minimum Gasteiger partial charge on any atom is -0.394 e. The van der Waals surface area contributed by atoms with E-state index in [2.05, 4.69) is 9.98 Å². The number of nitrogens with zero attached hydrogens (tertiary/aromatic N) is 3. The van der Waals surface area contributed by atoms with Gasteiger partial charge in [-0.25, -0.2) is 4.98 Å². The van der Waals surface area contributed by atoms with Crippen molar-refractivity contribution in [2.75, 3.05) is 6.61 Å². The van der Waals surface area contributed by atoms with Crippen molar-refractivity contribution in [3.05, 3.63) is 28.4 Å². The summed E-state index contributed by atoms with van der Waals surface area (Å²) in [6, 6.07) is 0. The predicted molar refractivity (Wildman–Crippen MR) is 72.9 cm³/mol. The van der Waals surface area contributed by atoms with Crippen LogP contribution in [-0.2, 0) is 9.53 Å². The third-order valence-corrected chi connectivity index (χ3v) is 3.18. The highest BCUT2D eigenvalue weighted by atomic mass is 16.6. The second-order valence-corrected chi connectivity index (χ2v) is 4.73. The quantitative estimate of drug-likeness (QED) is 0.341. The molecule has 0 spiro atoms. The molecule has 1 amide bonds. The molecule has 0 radical (unpaired) electrons. The lowest BCUT2D eigenvalue weighted by atomic mass is 10.1. The Bertz CT molecular complexity index is 657. The molecule has 0 saturated carbocycles. The topological polar surface area (TPSA) is 160 Å². The van der Waals surface area contributed by atoms with E-state index in [9.17, 15) is 19.8 Å². The molecule has 0 aromatic carbocycles. The van der Waals surface area contributed by atoms with E-state index in [1.165, 1.54) is 19.3 Å². The summed E-state index contributed by atoms with van der Waals surface area (Å²) in [5.74, 6) is -0.958. The van der Waals surface area contributed by atoms with Crippen LogP contribution < -0.4 is 11.3 Å². The maximum atomic E-state index is 12.3. The summed E-state index contributed by atoms with van der Waals surface area (Å²) in [6.07, 6.45) is -2.56. The van der Waals surface area contributed by atoms with Gasteiger partial charge in [0.25, 0.3) is 5.56 Å². The Balaban J connectivity index is 2.42. The summed E-state index contributed by atoms with van der Waals surface area (Å²) in [5, 5.41) is 28.7. The maximum Gasteiger partial charge on any atom is 0.282 e. The molecule has 5 N–H and O–H groups in total. The highest BCUT2D eigenvalue weighted by molar-refractivity contribution is 6.02. The Morgan fingerprint density at radius 2 is 2.18 bits per heavy atom. The highest BCUT2D eigenvalue weighted by Gasteiger charge is 2.43. The molecule has 1 saturated heterocycles. The molecule has 4 unspecified atom stereocenters. The number of ether oxygens (including phenoxy) is 1. The molecule has 0 aliphatic carbocycles. The number of rotatable bonds is 3. The average Bonchev–Trinajstić information content (AvgIpc) is 2.74. The Kier molecular flexibility index (Phi) is 4.66. The summed E-state index contributed by atoms with van der Waals surface area (Å²) in [7, 11) is 0. The number of carbonyl (C=O) groups excluding carboxylic acids is 1. The lowest BCUT2D eigenvalue weighted by molar-refractivity contribution is -0.115. The lowest BCUT2D eigenvalue weighted by Gasteiger charge is -2.17. The molecule has 2 heterocycles. The van der Waals surface area contributed by atoms with Crippen LogP contribution in [0.1, 0.15) is 18.8 Å². The zero-order valence-corrected chi connectivity index (χ0v) is 11.7. The molecule has 22 heavy (non-hydrogen) atoms. The zero-order chi connectivity index (χ0) is 16.4. The number of aliphatic hydroxyl groups is 3. The fraction of sp³-hybridized carbons (Fsp3) is 0.500. The van der Waals surface area contributed by atoms with Crippen LogP contribution in [0.4, 0.5) is 0 Å². The van der Waals surface area contributed by atoms with E-state index >= 15 is 0 Å². The van der Waals surface area contributed by atoms with Gasteiger partial charge in [-0.15, -0.1) is 0 Å². The van der Waals surface area contributed by atoms with Crippen LogP contribution in [0.5, 0.6) is 0 Å². The van der Waals surface area contributed by atoms with Crippen molar-refractivity contribution in [1.82, 2.24) is 9.55 Å². The first-order valence-corrected chi connectivity index (χ1v) is 6.41. The van der Waals surface area contributed by atoms with Crippen molar-refractivity contribution in [3.63, 3.8) is 0 Å². The number of aliphatic hydroxyl groups excluding tert-OH is 3. The number of hydrogen-bond acceptors (Lipinski definition) is 7. The zero-order valence-electron chi connectivity index (χ0n) is 11.7. The van der Waals surface area contributed by atoms with E-state index < -0.39 is 42.6 Å². The van der Waals surface area contributed by atoms with Crippen molar-refractivity contribution in [2.24, 2.45) is 10.7 Å². The van der Waals surface area contributed by atoms with Crippen LogP contribution >= 0.6 is 0 Å². The molecular weight excluding hydrogens is 296 g/mol. The third kappa shape index (κ3) is 2.90. The first-order valence-electron chi connectivity index (χ1n) is 6.41. The molecule has 1 aromatic rings. The Morgan fingerprint density at radius 3 is 2.73 bits per heavy atom. The third-order valence-electron chi connectivity index (χ3n) is 3.18. The van der Waals surface area contributed by atoms with E-state index in [1.807, 2.05) is 0 Å². The van der Waals surface area contributed by atoms with E-state index in [0.717, 1.165) is 4.57 Å². The molecule has 1 aromatic heterocycles. The van der Waals surface area contributed by atoms with Crippen molar-refractivity contribution < 1.29 is 24.9 Å². The maximum absolute atomic E-state index is 12.3. The first-order chi connectivity index (χ1) is 10.4. The summed E-state index contributed by atoms with van der Waals surface area (Å²) in [5.41, 5.74) is 4.51. The number of nitrogens with two attached hydrogens (primary N) is 1. The molecule has 1 aliphatic heterocycles. The Labute approximate surface area is 124 Å².